The Morgan fingerprint density at radius 3 is 2.53 bits per heavy atom. The third kappa shape index (κ3) is 2.48. The molecule has 0 aliphatic carbocycles. The molecular weight excluding hydrogens is 268 g/mol. The number of ether oxygens (including phenoxy) is 1. The van der Waals surface area contributed by atoms with Gasteiger partial charge in [0.2, 0.25) is 20.0 Å². The maximum atomic E-state index is 11.8. The van der Waals surface area contributed by atoms with E-state index in [9.17, 15) is 16.8 Å². The number of nitrogens with zero attached hydrogens (tertiary/aromatic N) is 2. The predicted molar refractivity (Wildman–Crippen MR) is 61.5 cm³/mol. The van der Waals surface area contributed by atoms with E-state index < -0.39 is 26.1 Å². The number of rotatable bonds is 1. The zero-order valence-electron chi connectivity index (χ0n) is 9.74. The monoisotopic (exact) mass is 284 g/mol. The average molecular weight is 284 g/mol. The Balaban J connectivity index is 2.26. The molecule has 2 heterocycles. The van der Waals surface area contributed by atoms with Crippen molar-refractivity contribution in [1.29, 1.82) is 0 Å². The Hall–Kier alpha value is -0.220. The quantitative estimate of drug-likeness (QED) is 0.572. The smallest absolute Gasteiger partial charge is 0.216 e. The first kappa shape index (κ1) is 13.2. The van der Waals surface area contributed by atoms with E-state index in [1.807, 2.05) is 0 Å². The lowest BCUT2D eigenvalue weighted by atomic mass is 10.2. The summed E-state index contributed by atoms with van der Waals surface area (Å²) >= 11 is 0. The Morgan fingerprint density at radius 2 is 1.94 bits per heavy atom. The number of hydrogen-bond acceptors (Lipinski definition) is 5. The largest absolute Gasteiger partial charge is 0.374 e. The van der Waals surface area contributed by atoms with E-state index >= 15 is 0 Å². The molecular formula is C8H16N2O5S2. The molecule has 17 heavy (non-hydrogen) atoms. The van der Waals surface area contributed by atoms with Crippen LogP contribution in [0.15, 0.2) is 0 Å². The van der Waals surface area contributed by atoms with Crippen LogP contribution in [-0.2, 0) is 24.8 Å². The molecule has 7 nitrogen and oxygen atoms in total. The van der Waals surface area contributed by atoms with Gasteiger partial charge in [0, 0.05) is 20.1 Å². The fourth-order valence-electron chi connectivity index (χ4n) is 2.16. The lowest BCUT2D eigenvalue weighted by Crippen LogP contribution is -2.43. The summed E-state index contributed by atoms with van der Waals surface area (Å²) in [5, 5.41) is 0. The van der Waals surface area contributed by atoms with Crippen molar-refractivity contribution in [2.24, 2.45) is 0 Å². The Bertz CT molecular complexity index is 500. The van der Waals surface area contributed by atoms with Crippen LogP contribution in [0.1, 0.15) is 0 Å². The van der Waals surface area contributed by atoms with Crippen molar-refractivity contribution in [1.82, 2.24) is 8.61 Å². The van der Waals surface area contributed by atoms with Gasteiger partial charge in [0.1, 0.15) is 0 Å². The van der Waals surface area contributed by atoms with Crippen molar-refractivity contribution in [2.75, 3.05) is 38.8 Å². The van der Waals surface area contributed by atoms with Crippen molar-refractivity contribution >= 4 is 20.0 Å². The van der Waals surface area contributed by atoms with Crippen LogP contribution in [0.5, 0.6) is 0 Å². The van der Waals surface area contributed by atoms with E-state index in [4.69, 9.17) is 4.74 Å². The van der Waals surface area contributed by atoms with Gasteiger partial charge in [-0.25, -0.2) is 16.8 Å². The maximum Gasteiger partial charge on any atom is 0.216 e. The van der Waals surface area contributed by atoms with Crippen molar-refractivity contribution in [3.63, 3.8) is 0 Å². The van der Waals surface area contributed by atoms with Gasteiger partial charge in [0.05, 0.1) is 30.8 Å². The van der Waals surface area contributed by atoms with Crippen LogP contribution in [0.2, 0.25) is 0 Å². The van der Waals surface area contributed by atoms with Gasteiger partial charge >= 0.3 is 0 Å². The number of fused-ring (bicyclic) bond motifs is 1. The van der Waals surface area contributed by atoms with E-state index in [-0.39, 0.29) is 31.6 Å². The topological polar surface area (TPSA) is 84.0 Å². The molecule has 2 rings (SSSR count). The normalized spacial score (nSPS) is 35.4. The molecule has 0 bridgehead atoms. The summed E-state index contributed by atoms with van der Waals surface area (Å²) in [7, 11) is -5.16. The molecule has 0 amide bonds. The third-order valence-corrected chi connectivity index (χ3v) is 6.32. The van der Waals surface area contributed by atoms with Crippen LogP contribution in [0.4, 0.5) is 0 Å². The second-order valence-electron chi connectivity index (χ2n) is 4.39. The van der Waals surface area contributed by atoms with E-state index in [0.717, 1.165) is 6.26 Å². The Labute approximate surface area is 101 Å². The molecule has 9 heteroatoms. The van der Waals surface area contributed by atoms with Crippen LogP contribution >= 0.6 is 0 Å². The van der Waals surface area contributed by atoms with Crippen molar-refractivity contribution in [3.05, 3.63) is 0 Å². The molecule has 0 aromatic carbocycles. The fraction of sp³-hybridized carbons (Fsp3) is 1.00. The number of likely N-dealkylation sites (N-methyl/N-ethyl adjacent to an activating group) is 1. The highest BCUT2D eigenvalue weighted by molar-refractivity contribution is 7.89. The molecule has 2 atom stereocenters. The molecule has 100 valence electrons. The molecule has 2 fully saturated rings. The molecule has 0 aromatic heterocycles. The highest BCUT2D eigenvalue weighted by atomic mass is 32.2. The summed E-state index contributed by atoms with van der Waals surface area (Å²) in [6, 6.07) is -0.419. The summed E-state index contributed by atoms with van der Waals surface area (Å²) in [5.41, 5.74) is 0. The van der Waals surface area contributed by atoms with Crippen LogP contribution in [-0.4, -0.2) is 76.3 Å². The Kier molecular flexibility index (Phi) is 3.24. The molecule has 0 aromatic rings. The maximum absolute atomic E-state index is 11.8. The SMILES string of the molecule is CN1[C@@H]2CN(S(C)(=O)=O)C[C@@H]2OCCS1(=O)=O. The van der Waals surface area contributed by atoms with Gasteiger partial charge in [-0.3, -0.25) is 0 Å². The number of hydrogen-bond donors (Lipinski definition) is 0. The van der Waals surface area contributed by atoms with Crippen LogP contribution in [0, 0.1) is 0 Å². The van der Waals surface area contributed by atoms with E-state index in [0.29, 0.717) is 0 Å². The standard InChI is InChI=1S/C8H16N2O5S2/c1-9-7-5-10(16(2,11)12)6-8(7)15-3-4-17(9,13)14/h7-8H,3-6H2,1-2H3/t7-,8+/m1/s1. The second kappa shape index (κ2) is 4.16. The van der Waals surface area contributed by atoms with Gasteiger partial charge in [-0.05, 0) is 0 Å². The highest BCUT2D eigenvalue weighted by Gasteiger charge is 2.44. The minimum atomic E-state index is -3.33. The van der Waals surface area contributed by atoms with Gasteiger partial charge in [0.25, 0.3) is 0 Å². The van der Waals surface area contributed by atoms with Gasteiger partial charge in [-0.1, -0.05) is 0 Å². The first-order valence-electron chi connectivity index (χ1n) is 5.24. The summed E-state index contributed by atoms with van der Waals surface area (Å²) in [5.74, 6) is -0.0463. The molecule has 2 aliphatic rings. The average Bonchev–Trinajstić information content (AvgIpc) is 2.55. The minimum Gasteiger partial charge on any atom is -0.374 e. The molecule has 2 saturated heterocycles. The predicted octanol–water partition coefficient (Wildman–Crippen LogP) is -1.71. The molecule has 0 N–H and O–H groups in total. The third-order valence-electron chi connectivity index (χ3n) is 3.25. The van der Waals surface area contributed by atoms with Crippen LogP contribution < -0.4 is 0 Å². The highest BCUT2D eigenvalue weighted by Crippen LogP contribution is 2.24. The first-order valence-corrected chi connectivity index (χ1v) is 8.70. The van der Waals surface area contributed by atoms with E-state index in [1.165, 1.54) is 15.7 Å². The minimum absolute atomic E-state index is 0.0463. The van der Waals surface area contributed by atoms with Gasteiger partial charge < -0.3 is 4.74 Å². The van der Waals surface area contributed by atoms with Gasteiger partial charge in [-0.15, -0.1) is 0 Å². The van der Waals surface area contributed by atoms with Crippen molar-refractivity contribution in [3.8, 4) is 0 Å². The molecule has 0 spiro atoms. The number of sulfonamides is 2. The molecule has 0 radical (unpaired) electrons. The van der Waals surface area contributed by atoms with Crippen molar-refractivity contribution < 1.29 is 21.6 Å². The summed E-state index contributed by atoms with van der Waals surface area (Å²) < 4.78 is 54.4. The molecule has 0 unspecified atom stereocenters. The summed E-state index contributed by atoms with van der Waals surface area (Å²) in [6.07, 6.45) is 0.749. The Morgan fingerprint density at radius 1 is 1.29 bits per heavy atom. The van der Waals surface area contributed by atoms with Gasteiger partial charge in [-0.2, -0.15) is 8.61 Å². The van der Waals surface area contributed by atoms with E-state index in [2.05, 4.69) is 0 Å². The molecule has 2 aliphatic heterocycles. The van der Waals surface area contributed by atoms with Crippen molar-refractivity contribution in [2.45, 2.75) is 12.1 Å². The lowest BCUT2D eigenvalue weighted by molar-refractivity contribution is 0.0527. The zero-order valence-corrected chi connectivity index (χ0v) is 11.4. The summed E-state index contributed by atoms with van der Waals surface area (Å²) in [4.78, 5) is 0. The van der Waals surface area contributed by atoms with E-state index in [1.54, 1.807) is 0 Å². The van der Waals surface area contributed by atoms with Gasteiger partial charge in [0.15, 0.2) is 0 Å². The fourth-order valence-corrected chi connectivity index (χ4v) is 4.21. The van der Waals surface area contributed by atoms with Crippen LogP contribution in [0.25, 0.3) is 0 Å². The lowest BCUT2D eigenvalue weighted by Gasteiger charge is -2.23. The van der Waals surface area contributed by atoms with Crippen LogP contribution in [0.3, 0.4) is 0 Å². The molecule has 0 saturated carbocycles. The zero-order chi connectivity index (χ0) is 12.8. The second-order valence-corrected chi connectivity index (χ2v) is 8.52. The summed E-state index contributed by atoms with van der Waals surface area (Å²) in [6.45, 7) is 0.508. The first-order chi connectivity index (χ1) is 7.72.